The molecule has 22 heavy (non-hydrogen) atoms. The number of piperidine rings is 1. The standard InChI is InChI=1S/C16H28IN3O2/c1-2-12-3-5-13(6-4-12)18-16(22)19-14-7-9-20(10-8-14)15(21)11-17/h12-14H,2-11H2,1H3,(H2,18,19,22). The van der Waals surface area contributed by atoms with Gasteiger partial charge in [0, 0.05) is 25.2 Å². The van der Waals surface area contributed by atoms with Gasteiger partial charge in [-0.3, -0.25) is 4.79 Å². The molecule has 1 heterocycles. The van der Waals surface area contributed by atoms with E-state index in [2.05, 4.69) is 40.1 Å². The molecule has 5 nitrogen and oxygen atoms in total. The van der Waals surface area contributed by atoms with Crippen LogP contribution in [0.5, 0.6) is 0 Å². The molecule has 2 rings (SSSR count). The van der Waals surface area contributed by atoms with Crippen molar-refractivity contribution in [3.63, 3.8) is 0 Å². The molecule has 6 heteroatoms. The quantitative estimate of drug-likeness (QED) is 0.542. The first-order valence-electron chi connectivity index (χ1n) is 8.53. The lowest BCUT2D eigenvalue weighted by Gasteiger charge is -2.33. The van der Waals surface area contributed by atoms with Gasteiger partial charge in [-0.15, -0.1) is 0 Å². The summed E-state index contributed by atoms with van der Waals surface area (Å²) in [5.74, 6) is 1.05. The fourth-order valence-electron chi connectivity index (χ4n) is 3.49. The fourth-order valence-corrected chi connectivity index (χ4v) is 3.97. The number of nitrogens with one attached hydrogen (secondary N) is 2. The molecule has 2 aliphatic rings. The maximum atomic E-state index is 12.1. The number of carbonyl (C=O) groups is 2. The molecule has 1 saturated heterocycles. The Labute approximate surface area is 147 Å². The molecule has 1 saturated carbocycles. The van der Waals surface area contributed by atoms with Crippen LogP contribution in [0.25, 0.3) is 0 Å². The molecule has 0 aromatic heterocycles. The molecule has 1 aliphatic carbocycles. The summed E-state index contributed by atoms with van der Waals surface area (Å²) >= 11 is 2.10. The van der Waals surface area contributed by atoms with Crippen LogP contribution in [0.3, 0.4) is 0 Å². The lowest BCUT2D eigenvalue weighted by Crippen LogP contribution is -2.51. The zero-order valence-corrected chi connectivity index (χ0v) is 15.6. The van der Waals surface area contributed by atoms with Crippen molar-refractivity contribution in [3.05, 3.63) is 0 Å². The van der Waals surface area contributed by atoms with E-state index >= 15 is 0 Å². The molecule has 0 aromatic carbocycles. The minimum atomic E-state index is -0.0291. The van der Waals surface area contributed by atoms with E-state index < -0.39 is 0 Å². The van der Waals surface area contributed by atoms with E-state index in [1.807, 2.05) is 4.90 Å². The van der Waals surface area contributed by atoms with Gasteiger partial charge in [0.25, 0.3) is 0 Å². The largest absolute Gasteiger partial charge is 0.342 e. The number of alkyl halides is 1. The van der Waals surface area contributed by atoms with E-state index in [1.54, 1.807) is 0 Å². The minimum Gasteiger partial charge on any atom is -0.342 e. The molecule has 3 amide bonds. The third-order valence-electron chi connectivity index (χ3n) is 5.06. The molecular formula is C16H28IN3O2. The minimum absolute atomic E-state index is 0.0291. The highest BCUT2D eigenvalue weighted by Crippen LogP contribution is 2.26. The predicted molar refractivity (Wildman–Crippen MR) is 96.2 cm³/mol. The summed E-state index contributed by atoms with van der Waals surface area (Å²) in [6, 6.07) is 0.507. The topological polar surface area (TPSA) is 61.4 Å². The molecule has 2 fully saturated rings. The van der Waals surface area contributed by atoms with Crippen LogP contribution in [0, 0.1) is 5.92 Å². The number of halogens is 1. The van der Waals surface area contributed by atoms with Crippen molar-refractivity contribution < 1.29 is 9.59 Å². The molecule has 0 radical (unpaired) electrons. The van der Waals surface area contributed by atoms with Gasteiger partial charge in [-0.1, -0.05) is 35.9 Å². The molecule has 0 aromatic rings. The van der Waals surface area contributed by atoms with E-state index in [-0.39, 0.29) is 18.0 Å². The van der Waals surface area contributed by atoms with Crippen LogP contribution in [-0.2, 0) is 4.79 Å². The first-order valence-corrected chi connectivity index (χ1v) is 10.1. The molecule has 0 spiro atoms. The number of nitrogens with zero attached hydrogens (tertiary/aromatic N) is 1. The van der Waals surface area contributed by atoms with Crippen LogP contribution in [-0.4, -0.2) is 46.4 Å². The SMILES string of the molecule is CCC1CCC(NC(=O)NC2CCN(C(=O)CI)CC2)CC1. The lowest BCUT2D eigenvalue weighted by molar-refractivity contribution is -0.129. The summed E-state index contributed by atoms with van der Waals surface area (Å²) < 4.78 is 0.538. The highest BCUT2D eigenvalue weighted by atomic mass is 127. The fraction of sp³-hybridized carbons (Fsp3) is 0.875. The summed E-state index contributed by atoms with van der Waals surface area (Å²) in [4.78, 5) is 25.6. The number of rotatable bonds is 4. The average Bonchev–Trinajstić information content (AvgIpc) is 2.55. The molecule has 0 atom stereocenters. The van der Waals surface area contributed by atoms with Crippen LogP contribution in [0.1, 0.15) is 51.9 Å². The molecular weight excluding hydrogens is 393 g/mol. The van der Waals surface area contributed by atoms with Gasteiger partial charge in [-0.25, -0.2) is 4.79 Å². The first-order chi connectivity index (χ1) is 10.6. The van der Waals surface area contributed by atoms with Crippen molar-refractivity contribution >= 4 is 34.5 Å². The number of amides is 3. The summed E-state index contributed by atoms with van der Waals surface area (Å²) in [5, 5.41) is 6.20. The number of urea groups is 1. The second kappa shape index (κ2) is 8.93. The normalized spacial score (nSPS) is 26.5. The van der Waals surface area contributed by atoms with Gasteiger partial charge >= 0.3 is 6.03 Å². The maximum Gasteiger partial charge on any atom is 0.315 e. The lowest BCUT2D eigenvalue weighted by atomic mass is 9.84. The Hall–Kier alpha value is -0.530. The number of likely N-dealkylation sites (tertiary alicyclic amines) is 1. The van der Waals surface area contributed by atoms with E-state index in [0.29, 0.717) is 10.5 Å². The van der Waals surface area contributed by atoms with Crippen LogP contribution in [0.2, 0.25) is 0 Å². The van der Waals surface area contributed by atoms with Crippen LogP contribution in [0.15, 0.2) is 0 Å². The van der Waals surface area contributed by atoms with Gasteiger partial charge in [-0.2, -0.15) is 0 Å². The van der Waals surface area contributed by atoms with Crippen LogP contribution >= 0.6 is 22.6 Å². The first kappa shape index (κ1) is 17.8. The van der Waals surface area contributed by atoms with Crippen molar-refractivity contribution in [2.45, 2.75) is 64.0 Å². The van der Waals surface area contributed by atoms with Crippen molar-refractivity contribution in [3.8, 4) is 0 Å². The molecule has 0 bridgehead atoms. The molecule has 126 valence electrons. The molecule has 2 N–H and O–H groups in total. The monoisotopic (exact) mass is 421 g/mol. The third-order valence-corrected chi connectivity index (χ3v) is 5.71. The van der Waals surface area contributed by atoms with Gasteiger partial charge in [0.15, 0.2) is 0 Å². The van der Waals surface area contributed by atoms with Crippen molar-refractivity contribution in [2.24, 2.45) is 5.92 Å². The zero-order valence-electron chi connectivity index (χ0n) is 13.4. The summed E-state index contributed by atoms with van der Waals surface area (Å²) in [6.45, 7) is 3.77. The Kier molecular flexibility index (Phi) is 7.24. The van der Waals surface area contributed by atoms with Gasteiger partial charge in [0.1, 0.15) is 0 Å². The second-order valence-corrected chi connectivity index (χ2v) is 7.30. The second-order valence-electron chi connectivity index (χ2n) is 6.53. The Morgan fingerprint density at radius 3 is 2.05 bits per heavy atom. The van der Waals surface area contributed by atoms with Crippen molar-refractivity contribution in [1.29, 1.82) is 0 Å². The maximum absolute atomic E-state index is 12.1. The van der Waals surface area contributed by atoms with Gasteiger partial charge in [-0.05, 0) is 44.4 Å². The summed E-state index contributed by atoms with van der Waals surface area (Å²) in [7, 11) is 0. The Balaban J connectivity index is 1.65. The summed E-state index contributed by atoms with van der Waals surface area (Å²) in [5.41, 5.74) is 0. The van der Waals surface area contributed by atoms with E-state index in [4.69, 9.17) is 0 Å². The predicted octanol–water partition coefficient (Wildman–Crippen LogP) is 2.68. The van der Waals surface area contributed by atoms with E-state index in [9.17, 15) is 9.59 Å². The number of hydrogen-bond acceptors (Lipinski definition) is 2. The van der Waals surface area contributed by atoms with E-state index in [0.717, 1.165) is 44.7 Å². The molecule has 1 aliphatic heterocycles. The Bertz CT molecular complexity index is 376. The van der Waals surface area contributed by atoms with Crippen molar-refractivity contribution in [2.75, 3.05) is 17.5 Å². The number of hydrogen-bond donors (Lipinski definition) is 2. The number of carbonyl (C=O) groups excluding carboxylic acids is 2. The smallest absolute Gasteiger partial charge is 0.315 e. The van der Waals surface area contributed by atoms with Crippen LogP contribution in [0.4, 0.5) is 4.79 Å². The van der Waals surface area contributed by atoms with Crippen molar-refractivity contribution in [1.82, 2.24) is 15.5 Å². The zero-order chi connectivity index (χ0) is 15.9. The Morgan fingerprint density at radius 1 is 1.00 bits per heavy atom. The Morgan fingerprint density at radius 2 is 1.55 bits per heavy atom. The molecule has 0 unspecified atom stereocenters. The third kappa shape index (κ3) is 5.28. The highest BCUT2D eigenvalue weighted by Gasteiger charge is 2.25. The van der Waals surface area contributed by atoms with Gasteiger partial charge < -0.3 is 15.5 Å². The summed E-state index contributed by atoms with van der Waals surface area (Å²) in [6.07, 6.45) is 7.66. The average molecular weight is 421 g/mol. The van der Waals surface area contributed by atoms with E-state index in [1.165, 1.54) is 19.3 Å². The highest BCUT2D eigenvalue weighted by molar-refractivity contribution is 14.1. The van der Waals surface area contributed by atoms with Crippen LogP contribution < -0.4 is 10.6 Å². The van der Waals surface area contributed by atoms with Gasteiger partial charge in [0.2, 0.25) is 5.91 Å². The van der Waals surface area contributed by atoms with Gasteiger partial charge in [0.05, 0.1) is 4.43 Å².